The molecule has 0 aromatic heterocycles. The average molecular weight is 415 g/mol. The van der Waals surface area contributed by atoms with Crippen LogP contribution in [0.5, 0.6) is 11.5 Å². The van der Waals surface area contributed by atoms with E-state index in [0.29, 0.717) is 27.8 Å². The summed E-state index contributed by atoms with van der Waals surface area (Å²) in [7, 11) is 1.47. The van der Waals surface area contributed by atoms with Gasteiger partial charge >= 0.3 is 5.97 Å². The fraction of sp³-hybridized carbons (Fsp3) is 0.190. The number of rotatable bonds is 8. The van der Waals surface area contributed by atoms with Crippen molar-refractivity contribution in [3.05, 3.63) is 58.6 Å². The summed E-state index contributed by atoms with van der Waals surface area (Å²) in [6.07, 6.45) is 2.70. The van der Waals surface area contributed by atoms with Crippen LogP contribution >= 0.6 is 11.6 Å². The van der Waals surface area contributed by atoms with E-state index in [1.165, 1.54) is 19.3 Å². The van der Waals surface area contributed by atoms with Gasteiger partial charge in [0, 0.05) is 6.08 Å². The highest BCUT2D eigenvalue weighted by Crippen LogP contribution is 2.28. The third kappa shape index (κ3) is 6.87. The summed E-state index contributed by atoms with van der Waals surface area (Å²) >= 11 is 6.05. The van der Waals surface area contributed by atoms with Crippen LogP contribution in [0.25, 0.3) is 6.08 Å². The van der Waals surface area contributed by atoms with Gasteiger partial charge in [0.25, 0.3) is 5.91 Å². The number of hydrogen-bond donors (Lipinski definition) is 1. The maximum absolute atomic E-state index is 11.9. The molecule has 1 N–H and O–H groups in total. The highest BCUT2D eigenvalue weighted by molar-refractivity contribution is 6.33. The lowest BCUT2D eigenvalue weighted by Crippen LogP contribution is -2.20. The Bertz CT molecular complexity index is 966. The molecule has 0 aliphatic heterocycles. The van der Waals surface area contributed by atoms with E-state index < -0.39 is 18.5 Å². The number of nitriles is 1. The van der Waals surface area contributed by atoms with Gasteiger partial charge in [-0.05, 0) is 48.4 Å². The molecule has 0 fully saturated rings. The SMILES string of the molecule is COc1cc(C=CC(=O)OCC(=O)Nc2ccc(C)cc2Cl)ccc1OCC#N. The Kier molecular flexibility index (Phi) is 8.07. The Morgan fingerprint density at radius 2 is 2.00 bits per heavy atom. The highest BCUT2D eigenvalue weighted by atomic mass is 35.5. The summed E-state index contributed by atoms with van der Waals surface area (Å²) in [5.74, 6) is -0.345. The number of hydrogen-bond acceptors (Lipinski definition) is 6. The minimum atomic E-state index is -0.682. The van der Waals surface area contributed by atoms with Crippen LogP contribution < -0.4 is 14.8 Å². The maximum Gasteiger partial charge on any atom is 0.331 e. The monoisotopic (exact) mass is 414 g/mol. The number of anilines is 1. The van der Waals surface area contributed by atoms with Crippen molar-refractivity contribution in [3.8, 4) is 17.6 Å². The third-order valence-corrected chi connectivity index (χ3v) is 3.95. The van der Waals surface area contributed by atoms with Crippen LogP contribution in [0.1, 0.15) is 11.1 Å². The van der Waals surface area contributed by atoms with E-state index in [1.807, 2.05) is 13.0 Å². The molecule has 0 saturated heterocycles. The summed E-state index contributed by atoms with van der Waals surface area (Å²) in [6, 6.07) is 12.0. The van der Waals surface area contributed by atoms with Crippen LogP contribution in [-0.2, 0) is 14.3 Å². The molecule has 0 atom stereocenters. The lowest BCUT2D eigenvalue weighted by atomic mass is 10.2. The molecule has 0 unspecified atom stereocenters. The van der Waals surface area contributed by atoms with E-state index in [1.54, 1.807) is 36.4 Å². The second kappa shape index (κ2) is 10.7. The molecule has 8 heteroatoms. The van der Waals surface area contributed by atoms with E-state index in [0.717, 1.165) is 5.56 Å². The van der Waals surface area contributed by atoms with Gasteiger partial charge in [-0.3, -0.25) is 4.79 Å². The summed E-state index contributed by atoms with van der Waals surface area (Å²) in [5, 5.41) is 11.6. The van der Waals surface area contributed by atoms with Gasteiger partial charge in [-0.25, -0.2) is 4.79 Å². The van der Waals surface area contributed by atoms with E-state index in [9.17, 15) is 9.59 Å². The zero-order chi connectivity index (χ0) is 21.2. The van der Waals surface area contributed by atoms with Crippen LogP contribution in [-0.4, -0.2) is 32.2 Å². The third-order valence-electron chi connectivity index (χ3n) is 3.64. The van der Waals surface area contributed by atoms with Crippen molar-refractivity contribution in [3.63, 3.8) is 0 Å². The molecule has 0 heterocycles. The largest absolute Gasteiger partial charge is 0.493 e. The molecule has 150 valence electrons. The first-order chi connectivity index (χ1) is 13.9. The molecule has 0 aliphatic carbocycles. The van der Waals surface area contributed by atoms with Crippen molar-refractivity contribution in [1.29, 1.82) is 5.26 Å². The minimum Gasteiger partial charge on any atom is -0.493 e. The number of esters is 1. The molecule has 7 nitrogen and oxygen atoms in total. The molecule has 0 aliphatic rings. The second-order valence-electron chi connectivity index (χ2n) is 5.83. The van der Waals surface area contributed by atoms with Crippen molar-refractivity contribution in [1.82, 2.24) is 0 Å². The molecule has 0 bridgehead atoms. The van der Waals surface area contributed by atoms with Gasteiger partial charge in [-0.15, -0.1) is 0 Å². The Balaban J connectivity index is 1.89. The maximum atomic E-state index is 11.9. The fourth-order valence-electron chi connectivity index (χ4n) is 2.27. The predicted molar refractivity (Wildman–Crippen MR) is 109 cm³/mol. The molecule has 29 heavy (non-hydrogen) atoms. The lowest BCUT2D eigenvalue weighted by molar-refractivity contribution is -0.142. The molecule has 2 rings (SSSR count). The zero-order valence-corrected chi connectivity index (χ0v) is 16.7. The number of amides is 1. The van der Waals surface area contributed by atoms with Gasteiger partial charge < -0.3 is 19.5 Å². The van der Waals surface area contributed by atoms with Gasteiger partial charge in [0.2, 0.25) is 0 Å². The summed E-state index contributed by atoms with van der Waals surface area (Å²) < 4.78 is 15.3. The first-order valence-corrected chi connectivity index (χ1v) is 8.89. The molecule has 2 aromatic rings. The molecule has 2 aromatic carbocycles. The van der Waals surface area contributed by atoms with E-state index in [2.05, 4.69) is 5.32 Å². The van der Waals surface area contributed by atoms with Crippen LogP contribution in [0.2, 0.25) is 5.02 Å². The summed E-state index contributed by atoms with van der Waals surface area (Å²) in [6.45, 7) is 1.33. The lowest BCUT2D eigenvalue weighted by Gasteiger charge is -2.09. The van der Waals surface area contributed by atoms with Gasteiger partial charge in [-0.2, -0.15) is 5.26 Å². The van der Waals surface area contributed by atoms with Crippen molar-refractivity contribution < 1.29 is 23.8 Å². The van der Waals surface area contributed by atoms with Crippen LogP contribution in [0.15, 0.2) is 42.5 Å². The number of benzene rings is 2. The van der Waals surface area contributed by atoms with Gasteiger partial charge in [-0.1, -0.05) is 23.7 Å². The Hall–Kier alpha value is -3.50. The smallest absolute Gasteiger partial charge is 0.331 e. The summed E-state index contributed by atoms with van der Waals surface area (Å²) in [4.78, 5) is 23.8. The quantitative estimate of drug-likeness (QED) is 0.521. The highest BCUT2D eigenvalue weighted by Gasteiger charge is 2.09. The number of nitrogens with one attached hydrogen (secondary N) is 1. The summed E-state index contributed by atoms with van der Waals surface area (Å²) in [5.41, 5.74) is 2.06. The minimum absolute atomic E-state index is 0.103. The van der Waals surface area contributed by atoms with Gasteiger partial charge in [0.1, 0.15) is 6.07 Å². The number of carbonyl (C=O) groups excluding carboxylic acids is 2. The van der Waals surface area contributed by atoms with Crippen LogP contribution in [0, 0.1) is 18.3 Å². The van der Waals surface area contributed by atoms with Gasteiger partial charge in [0.15, 0.2) is 24.7 Å². The number of ether oxygens (including phenoxy) is 3. The van der Waals surface area contributed by atoms with E-state index in [4.69, 9.17) is 31.1 Å². The Morgan fingerprint density at radius 3 is 2.69 bits per heavy atom. The number of carbonyl (C=O) groups is 2. The molecule has 1 amide bonds. The predicted octanol–water partition coefficient (Wildman–Crippen LogP) is 3.75. The first-order valence-electron chi connectivity index (χ1n) is 8.51. The zero-order valence-electron chi connectivity index (χ0n) is 15.9. The molecular formula is C21H19ClN2O5. The Labute approximate surface area is 173 Å². The topological polar surface area (TPSA) is 97.7 Å². The molecule has 0 spiro atoms. The van der Waals surface area contributed by atoms with Crippen molar-refractivity contribution >= 4 is 35.2 Å². The normalized spacial score (nSPS) is 10.3. The van der Waals surface area contributed by atoms with Crippen LogP contribution in [0.3, 0.4) is 0 Å². The number of methoxy groups -OCH3 is 1. The van der Waals surface area contributed by atoms with Crippen molar-refractivity contribution in [2.45, 2.75) is 6.92 Å². The number of halogens is 1. The number of aryl methyl sites for hydroxylation is 1. The standard InChI is InChI=1S/C21H19ClN2O5/c1-14-3-6-17(16(22)11-14)24-20(25)13-29-21(26)8-5-15-4-7-18(28-10-9-23)19(12-15)27-2/h3-8,11-12H,10,13H2,1-2H3,(H,24,25). The fourth-order valence-corrected chi connectivity index (χ4v) is 2.56. The first kappa shape index (κ1) is 21.8. The van der Waals surface area contributed by atoms with Crippen molar-refractivity contribution in [2.75, 3.05) is 25.6 Å². The number of nitrogens with zero attached hydrogens (tertiary/aromatic N) is 1. The molecular weight excluding hydrogens is 396 g/mol. The Morgan fingerprint density at radius 1 is 1.21 bits per heavy atom. The van der Waals surface area contributed by atoms with E-state index >= 15 is 0 Å². The van der Waals surface area contributed by atoms with Gasteiger partial charge in [0.05, 0.1) is 17.8 Å². The van der Waals surface area contributed by atoms with E-state index in [-0.39, 0.29) is 6.61 Å². The molecule has 0 saturated carbocycles. The average Bonchev–Trinajstić information content (AvgIpc) is 2.71. The van der Waals surface area contributed by atoms with Crippen LogP contribution in [0.4, 0.5) is 5.69 Å². The van der Waals surface area contributed by atoms with Crippen molar-refractivity contribution in [2.24, 2.45) is 0 Å². The second-order valence-corrected chi connectivity index (χ2v) is 6.24. The molecule has 0 radical (unpaired) electrons.